The predicted octanol–water partition coefficient (Wildman–Crippen LogP) is 0.295. The number of fused-ring (bicyclic) bond motifs is 1. The largest absolute Gasteiger partial charge is 0.504 e. The van der Waals surface area contributed by atoms with Crippen molar-refractivity contribution in [2.75, 3.05) is 19.8 Å². The van der Waals surface area contributed by atoms with Crippen LogP contribution in [0.25, 0.3) is 0 Å². The van der Waals surface area contributed by atoms with Crippen molar-refractivity contribution in [1.82, 2.24) is 0 Å². The Hall–Kier alpha value is -1.53. The number of aromatic hydroxyl groups is 1. The number of phenolic OH excluding ortho intramolecular Hbond substituents is 1. The lowest BCUT2D eigenvalue weighted by Gasteiger charge is -2.24. The van der Waals surface area contributed by atoms with Crippen molar-refractivity contribution in [3.05, 3.63) is 17.4 Å². The summed E-state index contributed by atoms with van der Waals surface area (Å²) in [6, 6.07) is 0.128. The molecule has 1 aromatic carbocycles. The minimum Gasteiger partial charge on any atom is -0.504 e. The number of benzene rings is 1. The van der Waals surface area contributed by atoms with Crippen molar-refractivity contribution < 1.29 is 24.1 Å². The van der Waals surface area contributed by atoms with Crippen LogP contribution < -0.4 is 15.2 Å². The third-order valence-corrected chi connectivity index (χ3v) is 2.36. The minimum atomic E-state index is -0.911. The second-order valence-electron chi connectivity index (χ2n) is 3.43. The van der Waals surface area contributed by atoms with E-state index in [2.05, 4.69) is 0 Å². The van der Waals surface area contributed by atoms with E-state index < -0.39 is 24.2 Å². The number of rotatable bonds is 2. The molecule has 1 aliphatic rings. The van der Waals surface area contributed by atoms with Gasteiger partial charge in [0.1, 0.15) is 13.2 Å². The van der Waals surface area contributed by atoms with Crippen LogP contribution in [-0.4, -0.2) is 30.0 Å². The molecular formula is C10H12FNO4. The zero-order valence-electron chi connectivity index (χ0n) is 8.44. The fourth-order valence-electron chi connectivity index (χ4n) is 1.60. The van der Waals surface area contributed by atoms with Gasteiger partial charge in [-0.05, 0) is 0 Å². The summed E-state index contributed by atoms with van der Waals surface area (Å²) in [5.74, 6) is -1.05. The molecule has 16 heavy (non-hydrogen) atoms. The summed E-state index contributed by atoms with van der Waals surface area (Å²) in [4.78, 5) is 0. The van der Waals surface area contributed by atoms with Crippen LogP contribution in [0.2, 0.25) is 0 Å². The Morgan fingerprint density at radius 2 is 2.12 bits per heavy atom. The SMILES string of the molecule is NC(CO)c1c(O)c(F)cc2c1OCCO2. The summed E-state index contributed by atoms with van der Waals surface area (Å²) >= 11 is 0. The molecule has 1 aliphatic heterocycles. The van der Waals surface area contributed by atoms with Crippen LogP contribution in [0.15, 0.2) is 6.07 Å². The average molecular weight is 229 g/mol. The Morgan fingerprint density at radius 1 is 1.44 bits per heavy atom. The molecule has 0 aromatic heterocycles. The van der Waals surface area contributed by atoms with Crippen LogP contribution in [0.3, 0.4) is 0 Å². The Morgan fingerprint density at radius 3 is 2.81 bits per heavy atom. The summed E-state index contributed by atoms with van der Waals surface area (Å²) in [6.45, 7) is 0.182. The maximum atomic E-state index is 13.3. The first kappa shape index (κ1) is 11.0. The van der Waals surface area contributed by atoms with Gasteiger partial charge < -0.3 is 25.4 Å². The molecule has 2 rings (SSSR count). The molecule has 0 radical (unpaired) electrons. The molecule has 5 nitrogen and oxygen atoms in total. The molecule has 1 unspecified atom stereocenters. The third kappa shape index (κ3) is 1.66. The van der Waals surface area contributed by atoms with Gasteiger partial charge in [0, 0.05) is 6.07 Å². The molecule has 88 valence electrons. The molecule has 1 atom stereocenters. The van der Waals surface area contributed by atoms with E-state index in [4.69, 9.17) is 20.3 Å². The number of ether oxygens (including phenoxy) is 2. The van der Waals surface area contributed by atoms with E-state index in [1.165, 1.54) is 0 Å². The highest BCUT2D eigenvalue weighted by molar-refractivity contribution is 5.56. The summed E-state index contributed by atoms with van der Waals surface area (Å²) in [5, 5.41) is 18.5. The Labute approximate surface area is 91.2 Å². The van der Waals surface area contributed by atoms with Gasteiger partial charge in [-0.15, -0.1) is 0 Å². The van der Waals surface area contributed by atoms with E-state index in [1.54, 1.807) is 0 Å². The van der Waals surface area contributed by atoms with E-state index in [0.29, 0.717) is 13.2 Å². The monoisotopic (exact) mass is 229 g/mol. The van der Waals surface area contributed by atoms with E-state index in [9.17, 15) is 9.50 Å². The number of hydrogen-bond acceptors (Lipinski definition) is 5. The predicted molar refractivity (Wildman–Crippen MR) is 53.1 cm³/mol. The number of halogens is 1. The standard InChI is InChI=1S/C10H12FNO4/c11-5-3-7-10(16-2-1-15-7)8(9(5)14)6(12)4-13/h3,6,13-14H,1-2,4,12H2. The van der Waals surface area contributed by atoms with Gasteiger partial charge in [0.05, 0.1) is 18.2 Å². The van der Waals surface area contributed by atoms with Gasteiger partial charge >= 0.3 is 0 Å². The molecule has 0 amide bonds. The molecule has 6 heteroatoms. The fourth-order valence-corrected chi connectivity index (χ4v) is 1.60. The fraction of sp³-hybridized carbons (Fsp3) is 0.400. The molecule has 0 fully saturated rings. The lowest BCUT2D eigenvalue weighted by atomic mass is 10.0. The van der Waals surface area contributed by atoms with Gasteiger partial charge in [-0.2, -0.15) is 0 Å². The summed E-state index contributed by atoms with van der Waals surface area (Å²) in [6.07, 6.45) is 0. The molecule has 4 N–H and O–H groups in total. The van der Waals surface area contributed by atoms with Crippen LogP contribution in [0.1, 0.15) is 11.6 Å². The van der Waals surface area contributed by atoms with Gasteiger partial charge in [0.15, 0.2) is 23.1 Å². The zero-order chi connectivity index (χ0) is 11.7. The number of aliphatic hydroxyl groups excluding tert-OH is 1. The second kappa shape index (κ2) is 4.15. The maximum Gasteiger partial charge on any atom is 0.170 e. The molecular weight excluding hydrogens is 217 g/mol. The minimum absolute atomic E-state index is 0.0391. The maximum absolute atomic E-state index is 13.3. The van der Waals surface area contributed by atoms with Crippen LogP contribution >= 0.6 is 0 Å². The molecule has 0 saturated carbocycles. The molecule has 0 spiro atoms. The van der Waals surface area contributed by atoms with Crippen molar-refractivity contribution in [2.45, 2.75) is 6.04 Å². The first-order chi connectivity index (χ1) is 7.65. The van der Waals surface area contributed by atoms with Gasteiger partial charge in [-0.1, -0.05) is 0 Å². The topological polar surface area (TPSA) is 84.9 Å². The zero-order valence-corrected chi connectivity index (χ0v) is 8.44. The highest BCUT2D eigenvalue weighted by atomic mass is 19.1. The molecule has 1 heterocycles. The van der Waals surface area contributed by atoms with Gasteiger partial charge in [0.2, 0.25) is 0 Å². The van der Waals surface area contributed by atoms with Crippen LogP contribution in [0.4, 0.5) is 4.39 Å². The first-order valence-electron chi connectivity index (χ1n) is 4.82. The average Bonchev–Trinajstić information content (AvgIpc) is 2.30. The van der Waals surface area contributed by atoms with Crippen molar-refractivity contribution in [2.24, 2.45) is 5.73 Å². The van der Waals surface area contributed by atoms with Gasteiger partial charge in [-0.25, -0.2) is 4.39 Å². The Kier molecular flexibility index (Phi) is 2.84. The molecule has 0 aliphatic carbocycles. The van der Waals surface area contributed by atoms with Crippen molar-refractivity contribution in [3.8, 4) is 17.2 Å². The highest BCUT2D eigenvalue weighted by Crippen LogP contribution is 2.43. The summed E-state index contributed by atoms with van der Waals surface area (Å²) in [7, 11) is 0. The highest BCUT2D eigenvalue weighted by Gasteiger charge is 2.26. The van der Waals surface area contributed by atoms with Crippen LogP contribution in [0, 0.1) is 5.82 Å². The molecule has 0 bridgehead atoms. The van der Waals surface area contributed by atoms with E-state index >= 15 is 0 Å². The van der Waals surface area contributed by atoms with Gasteiger partial charge in [-0.3, -0.25) is 0 Å². The van der Waals surface area contributed by atoms with Gasteiger partial charge in [0.25, 0.3) is 0 Å². The van der Waals surface area contributed by atoms with Crippen molar-refractivity contribution in [3.63, 3.8) is 0 Å². The smallest absolute Gasteiger partial charge is 0.170 e. The molecule has 1 aromatic rings. The third-order valence-electron chi connectivity index (χ3n) is 2.36. The lowest BCUT2D eigenvalue weighted by molar-refractivity contribution is 0.164. The Bertz CT molecular complexity index is 410. The second-order valence-corrected chi connectivity index (χ2v) is 3.43. The van der Waals surface area contributed by atoms with Crippen LogP contribution in [-0.2, 0) is 0 Å². The van der Waals surface area contributed by atoms with E-state index in [0.717, 1.165) is 6.07 Å². The van der Waals surface area contributed by atoms with Crippen molar-refractivity contribution in [1.29, 1.82) is 0 Å². The van der Waals surface area contributed by atoms with E-state index in [1.807, 2.05) is 0 Å². The first-order valence-corrected chi connectivity index (χ1v) is 4.82. The lowest BCUT2D eigenvalue weighted by Crippen LogP contribution is -2.21. The summed E-state index contributed by atoms with van der Waals surface area (Å²) in [5.41, 5.74) is 5.61. The number of phenols is 1. The number of hydrogen-bond donors (Lipinski definition) is 3. The van der Waals surface area contributed by atoms with Crippen LogP contribution in [0.5, 0.6) is 17.2 Å². The molecule has 0 saturated heterocycles. The normalized spacial score (nSPS) is 15.9. The number of aliphatic hydroxyl groups is 1. The summed E-state index contributed by atoms with van der Waals surface area (Å²) < 4.78 is 23.8. The van der Waals surface area contributed by atoms with E-state index in [-0.39, 0.29) is 17.1 Å². The van der Waals surface area contributed by atoms with Crippen molar-refractivity contribution >= 4 is 0 Å². The Balaban J connectivity index is 2.59. The number of nitrogens with two attached hydrogens (primary N) is 1. The quantitative estimate of drug-likeness (QED) is 0.679.